The largest absolute Gasteiger partial charge is 0.495 e. The Bertz CT molecular complexity index is 1120. The Morgan fingerprint density at radius 1 is 1.15 bits per heavy atom. The van der Waals surface area contributed by atoms with Gasteiger partial charge in [-0.2, -0.15) is 4.98 Å². The topological polar surface area (TPSA) is 76.0 Å². The summed E-state index contributed by atoms with van der Waals surface area (Å²) in [5.41, 5.74) is 0.867. The highest BCUT2D eigenvalue weighted by Gasteiger charge is 2.18. The maximum atomic E-state index is 12.8. The fourth-order valence-corrected chi connectivity index (χ4v) is 3.95. The molecule has 0 radical (unpaired) electrons. The molecule has 0 saturated carbocycles. The van der Waals surface area contributed by atoms with Crippen LogP contribution < -0.4 is 15.2 Å². The smallest absolute Gasteiger partial charge is 0.264 e. The number of aryl methyl sites for hydroxylation is 1. The number of benzene rings is 1. The summed E-state index contributed by atoms with van der Waals surface area (Å²) in [6, 6.07) is 7.52. The van der Waals surface area contributed by atoms with Crippen molar-refractivity contribution in [2.45, 2.75) is 26.2 Å². The van der Waals surface area contributed by atoms with Gasteiger partial charge in [-0.05, 0) is 38.3 Å². The van der Waals surface area contributed by atoms with Crippen LogP contribution in [0.2, 0.25) is 0 Å². The van der Waals surface area contributed by atoms with E-state index in [2.05, 4.69) is 19.9 Å². The lowest BCUT2D eigenvalue weighted by Crippen LogP contribution is -2.32. The second kappa shape index (κ2) is 7.11. The average molecular weight is 383 g/mol. The Morgan fingerprint density at radius 3 is 2.63 bits per heavy atom. The van der Waals surface area contributed by atoms with Gasteiger partial charge >= 0.3 is 0 Å². The monoisotopic (exact) mass is 383 g/mol. The highest BCUT2D eigenvalue weighted by molar-refractivity contribution is 7.71. The first kappa shape index (κ1) is 17.7. The number of methoxy groups -OCH3 is 1. The van der Waals surface area contributed by atoms with Gasteiger partial charge in [-0.25, -0.2) is 4.98 Å². The van der Waals surface area contributed by atoms with Crippen molar-refractivity contribution in [3.05, 3.63) is 45.1 Å². The Balaban J connectivity index is 1.93. The number of ether oxygens (including phenoxy) is 1. The molecular weight excluding hydrogens is 362 g/mol. The van der Waals surface area contributed by atoms with Crippen molar-refractivity contribution in [3.63, 3.8) is 0 Å². The lowest BCUT2D eigenvalue weighted by atomic mass is 10.1. The van der Waals surface area contributed by atoms with Gasteiger partial charge in [0.2, 0.25) is 5.95 Å². The van der Waals surface area contributed by atoms with Crippen molar-refractivity contribution in [3.8, 4) is 11.4 Å². The van der Waals surface area contributed by atoms with E-state index in [-0.39, 0.29) is 5.56 Å². The van der Waals surface area contributed by atoms with Crippen molar-refractivity contribution in [1.29, 1.82) is 0 Å². The van der Waals surface area contributed by atoms with Crippen LogP contribution in [0.3, 0.4) is 0 Å². The molecule has 0 atom stereocenters. The van der Waals surface area contributed by atoms with Crippen molar-refractivity contribution in [2.24, 2.45) is 0 Å². The molecule has 1 fully saturated rings. The molecule has 1 N–H and O–H groups in total. The first-order valence-electron chi connectivity index (χ1n) is 9.02. The second-order valence-corrected chi connectivity index (χ2v) is 6.99. The zero-order valence-corrected chi connectivity index (χ0v) is 16.2. The maximum Gasteiger partial charge on any atom is 0.264 e. The summed E-state index contributed by atoms with van der Waals surface area (Å²) in [5, 5.41) is 0.322. The number of fused-ring (bicyclic) bond motifs is 1. The van der Waals surface area contributed by atoms with E-state index in [1.807, 2.05) is 31.2 Å². The molecule has 140 valence electrons. The predicted molar refractivity (Wildman–Crippen MR) is 108 cm³/mol. The molecule has 3 aromatic rings. The molecule has 8 heteroatoms. The Labute approximate surface area is 161 Å². The summed E-state index contributed by atoms with van der Waals surface area (Å²) in [4.78, 5) is 27.0. The third-order valence-electron chi connectivity index (χ3n) is 4.88. The summed E-state index contributed by atoms with van der Waals surface area (Å²) in [7, 11) is 1.60. The number of nitrogens with zero attached hydrogens (tertiary/aromatic N) is 4. The van der Waals surface area contributed by atoms with Gasteiger partial charge in [0.15, 0.2) is 5.65 Å². The Hall–Kier alpha value is -2.74. The fraction of sp³-hybridized carbons (Fsp3) is 0.368. The van der Waals surface area contributed by atoms with Crippen molar-refractivity contribution in [2.75, 3.05) is 25.1 Å². The summed E-state index contributed by atoms with van der Waals surface area (Å²) in [6.45, 7) is 3.63. The molecule has 0 amide bonds. The lowest BCUT2D eigenvalue weighted by Gasteiger charge is -2.27. The van der Waals surface area contributed by atoms with Gasteiger partial charge in [0.1, 0.15) is 21.6 Å². The Morgan fingerprint density at radius 2 is 1.89 bits per heavy atom. The third-order valence-corrected chi connectivity index (χ3v) is 5.26. The van der Waals surface area contributed by atoms with Gasteiger partial charge in [0.05, 0.1) is 12.8 Å². The molecule has 27 heavy (non-hydrogen) atoms. The number of para-hydroxylation sites is 2. The van der Waals surface area contributed by atoms with Gasteiger partial charge in [-0.15, -0.1) is 0 Å². The van der Waals surface area contributed by atoms with Crippen LogP contribution in [0.1, 0.15) is 25.1 Å². The molecule has 0 unspecified atom stereocenters. The summed E-state index contributed by atoms with van der Waals surface area (Å²) in [5.74, 6) is 1.88. The van der Waals surface area contributed by atoms with E-state index < -0.39 is 0 Å². The lowest BCUT2D eigenvalue weighted by molar-refractivity contribution is 0.412. The zero-order chi connectivity index (χ0) is 19.0. The normalized spacial score (nSPS) is 14.5. The highest BCUT2D eigenvalue weighted by atomic mass is 32.1. The van der Waals surface area contributed by atoms with E-state index in [0.717, 1.165) is 31.6 Å². The molecule has 2 aromatic heterocycles. The van der Waals surface area contributed by atoms with Gasteiger partial charge in [0, 0.05) is 13.1 Å². The van der Waals surface area contributed by atoms with E-state index in [1.165, 1.54) is 6.42 Å². The molecule has 4 rings (SSSR count). The molecule has 1 aliphatic heterocycles. The van der Waals surface area contributed by atoms with Crippen molar-refractivity contribution in [1.82, 2.24) is 19.5 Å². The first-order valence-corrected chi connectivity index (χ1v) is 9.43. The number of H-pyrrole nitrogens is 1. The average Bonchev–Trinajstić information content (AvgIpc) is 2.68. The van der Waals surface area contributed by atoms with E-state index in [0.29, 0.717) is 33.2 Å². The summed E-state index contributed by atoms with van der Waals surface area (Å²) < 4.78 is 7.58. The molecule has 0 spiro atoms. The number of hydrogen-bond acceptors (Lipinski definition) is 6. The van der Waals surface area contributed by atoms with Gasteiger partial charge in [-0.1, -0.05) is 24.4 Å². The first-order chi connectivity index (χ1) is 13.1. The molecule has 3 heterocycles. The van der Waals surface area contributed by atoms with Crippen LogP contribution in [-0.2, 0) is 0 Å². The second-order valence-electron chi connectivity index (χ2n) is 6.61. The van der Waals surface area contributed by atoms with E-state index >= 15 is 0 Å². The number of aromatic nitrogens is 4. The number of hydrogen-bond donors (Lipinski definition) is 1. The van der Waals surface area contributed by atoms with Gasteiger partial charge in [0.25, 0.3) is 5.56 Å². The maximum absolute atomic E-state index is 12.8. The molecule has 1 aromatic carbocycles. The van der Waals surface area contributed by atoms with Crippen molar-refractivity contribution >= 4 is 29.2 Å². The standard InChI is InChI=1S/C19H21N5O2S/c1-12-20-16-15(17(25)22-19(21-16)23-10-6-3-7-11-23)18(27)24(12)13-8-4-5-9-14(13)26-2/h4-5,8-9H,3,6-7,10-11H2,1-2H3,(H,21,22,25). The SMILES string of the molecule is COc1ccccc1-n1c(C)nc2nc(N3CCCCC3)[nH]c(=O)c2c1=S. The van der Waals surface area contributed by atoms with Crippen LogP contribution in [0.25, 0.3) is 16.7 Å². The molecular formula is C19H21N5O2S. The van der Waals surface area contributed by atoms with Crippen LogP contribution in [-0.4, -0.2) is 39.7 Å². The summed E-state index contributed by atoms with van der Waals surface area (Å²) >= 11 is 5.65. The van der Waals surface area contributed by atoms with Crippen LogP contribution in [0.15, 0.2) is 29.1 Å². The predicted octanol–water partition coefficient (Wildman–Crippen LogP) is 3.15. The minimum absolute atomic E-state index is 0.262. The summed E-state index contributed by atoms with van der Waals surface area (Å²) in [6.07, 6.45) is 3.41. The van der Waals surface area contributed by atoms with E-state index in [1.54, 1.807) is 11.7 Å². The van der Waals surface area contributed by atoms with E-state index in [9.17, 15) is 4.79 Å². The molecule has 0 aliphatic carbocycles. The van der Waals surface area contributed by atoms with Crippen LogP contribution >= 0.6 is 12.2 Å². The number of aromatic amines is 1. The number of rotatable bonds is 3. The fourth-order valence-electron chi connectivity index (χ4n) is 3.54. The van der Waals surface area contributed by atoms with Crippen LogP contribution in [0, 0.1) is 11.6 Å². The molecule has 7 nitrogen and oxygen atoms in total. The van der Waals surface area contributed by atoms with Crippen LogP contribution in [0.4, 0.5) is 5.95 Å². The van der Waals surface area contributed by atoms with Crippen LogP contribution in [0.5, 0.6) is 5.75 Å². The van der Waals surface area contributed by atoms with E-state index in [4.69, 9.17) is 17.0 Å². The minimum Gasteiger partial charge on any atom is -0.495 e. The van der Waals surface area contributed by atoms with Gasteiger partial charge < -0.3 is 9.64 Å². The quantitative estimate of drug-likeness (QED) is 0.700. The molecule has 1 saturated heterocycles. The number of piperidine rings is 1. The highest BCUT2D eigenvalue weighted by Crippen LogP contribution is 2.25. The number of nitrogens with one attached hydrogen (secondary N) is 1. The van der Waals surface area contributed by atoms with Crippen molar-refractivity contribution < 1.29 is 4.74 Å². The molecule has 1 aliphatic rings. The molecule has 0 bridgehead atoms. The number of anilines is 1. The Kier molecular flexibility index (Phi) is 4.65. The minimum atomic E-state index is -0.262. The van der Waals surface area contributed by atoms with Gasteiger partial charge in [-0.3, -0.25) is 14.3 Å². The third kappa shape index (κ3) is 3.10. The zero-order valence-electron chi connectivity index (χ0n) is 15.4.